The van der Waals surface area contributed by atoms with Crippen molar-refractivity contribution in [3.63, 3.8) is 0 Å². The minimum atomic E-state index is -0.343. The molecule has 0 saturated heterocycles. The molecule has 2 aromatic rings. The molecule has 0 aromatic heterocycles. The molecule has 0 amide bonds. The van der Waals surface area contributed by atoms with Gasteiger partial charge in [0.15, 0.2) is 17.3 Å². The lowest BCUT2D eigenvalue weighted by atomic mass is 10.1. The Morgan fingerprint density at radius 3 is 2.52 bits per heavy atom. The molecular formula is C18H17FO3S. The number of carbonyl (C=O) groups excluding carboxylic acids is 1. The maximum atomic E-state index is 12.9. The van der Waals surface area contributed by atoms with E-state index in [2.05, 4.69) is 0 Å². The second kappa shape index (κ2) is 7.04. The number of thioether (sulfide) groups is 1. The van der Waals surface area contributed by atoms with Crippen molar-refractivity contribution >= 4 is 17.5 Å². The van der Waals surface area contributed by atoms with E-state index in [1.54, 1.807) is 0 Å². The molecule has 120 valence electrons. The molecule has 0 N–H and O–H groups in total. The lowest BCUT2D eigenvalue weighted by Crippen LogP contribution is -2.13. The maximum Gasteiger partial charge on any atom is 0.175 e. The Kier molecular flexibility index (Phi) is 4.86. The van der Waals surface area contributed by atoms with Gasteiger partial charge in [0.1, 0.15) is 5.82 Å². The van der Waals surface area contributed by atoms with E-state index in [0.29, 0.717) is 24.5 Å². The quantitative estimate of drug-likeness (QED) is 0.616. The van der Waals surface area contributed by atoms with Gasteiger partial charge in [-0.25, -0.2) is 4.39 Å². The molecule has 0 spiro atoms. The first-order valence-corrected chi connectivity index (χ1v) is 8.37. The lowest BCUT2D eigenvalue weighted by molar-refractivity contribution is 0.0994. The number of rotatable bonds is 4. The molecule has 0 radical (unpaired) electrons. The van der Waals surface area contributed by atoms with Crippen molar-refractivity contribution in [1.82, 2.24) is 0 Å². The Hall–Kier alpha value is -2.01. The fourth-order valence-corrected chi connectivity index (χ4v) is 3.30. The highest BCUT2D eigenvalue weighted by Crippen LogP contribution is 2.35. The summed E-state index contributed by atoms with van der Waals surface area (Å²) in [4.78, 5) is 13.3. The van der Waals surface area contributed by atoms with E-state index in [-0.39, 0.29) is 16.9 Å². The van der Waals surface area contributed by atoms with Crippen LogP contribution in [-0.2, 0) is 0 Å². The smallest absolute Gasteiger partial charge is 0.175 e. The first-order chi connectivity index (χ1) is 11.1. The number of hydrogen-bond donors (Lipinski definition) is 0. The lowest BCUT2D eigenvalue weighted by Gasteiger charge is -2.13. The summed E-state index contributed by atoms with van der Waals surface area (Å²) >= 11 is 1.45. The first kappa shape index (κ1) is 15.9. The molecule has 0 unspecified atom stereocenters. The summed E-state index contributed by atoms with van der Waals surface area (Å²) < 4.78 is 24.2. The fraction of sp³-hybridized carbons (Fsp3) is 0.278. The van der Waals surface area contributed by atoms with Gasteiger partial charge in [-0.15, -0.1) is 11.8 Å². The molecule has 1 aliphatic rings. The van der Waals surface area contributed by atoms with E-state index in [9.17, 15) is 9.18 Å². The molecule has 2 aromatic carbocycles. The molecule has 23 heavy (non-hydrogen) atoms. The Morgan fingerprint density at radius 2 is 1.78 bits per heavy atom. The summed E-state index contributed by atoms with van der Waals surface area (Å²) in [6.07, 6.45) is 0.858. The summed E-state index contributed by atoms with van der Waals surface area (Å²) in [7, 11) is 0. The largest absolute Gasteiger partial charge is 0.490 e. The number of halogens is 1. The number of hydrogen-bond acceptors (Lipinski definition) is 4. The van der Waals surface area contributed by atoms with Crippen LogP contribution in [0.2, 0.25) is 0 Å². The molecular weight excluding hydrogens is 315 g/mol. The molecule has 5 heteroatoms. The Morgan fingerprint density at radius 1 is 1.09 bits per heavy atom. The van der Waals surface area contributed by atoms with E-state index in [1.807, 2.05) is 25.1 Å². The number of fused-ring (bicyclic) bond motifs is 1. The number of ether oxygens (including phenoxy) is 2. The standard InChI is InChI=1S/C18H17FO3S/c1-12(18(20)13-3-5-14(19)6-4-13)23-15-7-8-16-17(11-15)22-10-2-9-21-16/h3-8,11-12H,2,9-10H2,1H3/t12-/m0/s1. The minimum Gasteiger partial charge on any atom is -0.490 e. The summed E-state index contributed by atoms with van der Waals surface area (Å²) in [6.45, 7) is 3.13. The van der Waals surface area contributed by atoms with Gasteiger partial charge in [0.05, 0.1) is 18.5 Å². The summed E-state index contributed by atoms with van der Waals surface area (Å²) in [5.41, 5.74) is 0.515. The van der Waals surface area contributed by atoms with Gasteiger partial charge in [-0.3, -0.25) is 4.79 Å². The van der Waals surface area contributed by atoms with Crippen molar-refractivity contribution in [3.8, 4) is 11.5 Å². The molecule has 1 heterocycles. The van der Waals surface area contributed by atoms with E-state index >= 15 is 0 Å². The zero-order valence-corrected chi connectivity index (χ0v) is 13.6. The van der Waals surface area contributed by atoms with Crippen molar-refractivity contribution in [2.75, 3.05) is 13.2 Å². The van der Waals surface area contributed by atoms with Crippen LogP contribution in [0.15, 0.2) is 47.4 Å². The maximum absolute atomic E-state index is 12.9. The fourth-order valence-electron chi connectivity index (χ4n) is 2.32. The monoisotopic (exact) mass is 332 g/mol. The van der Waals surface area contributed by atoms with Gasteiger partial charge in [0.2, 0.25) is 0 Å². The highest BCUT2D eigenvalue weighted by molar-refractivity contribution is 8.00. The third-order valence-corrected chi connectivity index (χ3v) is 4.62. The van der Waals surface area contributed by atoms with Gasteiger partial charge in [-0.1, -0.05) is 0 Å². The zero-order chi connectivity index (χ0) is 16.2. The molecule has 3 rings (SSSR count). The molecule has 0 saturated carbocycles. The third kappa shape index (κ3) is 3.85. The van der Waals surface area contributed by atoms with Crippen molar-refractivity contribution in [3.05, 3.63) is 53.8 Å². The predicted octanol–water partition coefficient (Wildman–Crippen LogP) is 4.35. The van der Waals surface area contributed by atoms with Gasteiger partial charge in [0.25, 0.3) is 0 Å². The van der Waals surface area contributed by atoms with Crippen LogP contribution in [-0.4, -0.2) is 24.2 Å². The van der Waals surface area contributed by atoms with Crippen LogP contribution < -0.4 is 9.47 Å². The van der Waals surface area contributed by atoms with Gasteiger partial charge < -0.3 is 9.47 Å². The molecule has 3 nitrogen and oxygen atoms in total. The average Bonchev–Trinajstić information content (AvgIpc) is 2.79. The topological polar surface area (TPSA) is 35.5 Å². The van der Waals surface area contributed by atoms with Crippen LogP contribution in [0.25, 0.3) is 0 Å². The van der Waals surface area contributed by atoms with Crippen LogP contribution in [0.5, 0.6) is 11.5 Å². The van der Waals surface area contributed by atoms with Crippen LogP contribution in [0.1, 0.15) is 23.7 Å². The molecule has 1 atom stereocenters. The Bertz CT molecular complexity index is 700. The number of ketones is 1. The van der Waals surface area contributed by atoms with Crippen molar-refractivity contribution < 1.29 is 18.7 Å². The SMILES string of the molecule is C[C@H](Sc1ccc2c(c1)OCCCO2)C(=O)c1ccc(F)cc1. The van der Waals surface area contributed by atoms with Gasteiger partial charge in [-0.05, 0) is 49.4 Å². The molecule has 1 aliphatic heterocycles. The third-order valence-electron chi connectivity index (χ3n) is 3.53. The molecule has 0 fully saturated rings. The average molecular weight is 332 g/mol. The Labute approximate surface area is 138 Å². The van der Waals surface area contributed by atoms with E-state index in [4.69, 9.17) is 9.47 Å². The summed E-state index contributed by atoms with van der Waals surface area (Å²) in [5.74, 6) is 1.09. The first-order valence-electron chi connectivity index (χ1n) is 7.49. The normalized spacial score (nSPS) is 14.9. The number of carbonyl (C=O) groups is 1. The minimum absolute atomic E-state index is 0.0258. The zero-order valence-electron chi connectivity index (χ0n) is 12.8. The second-order valence-corrected chi connectivity index (χ2v) is 6.70. The summed E-state index contributed by atoms with van der Waals surface area (Å²) in [5, 5.41) is -0.273. The van der Waals surface area contributed by atoms with E-state index in [1.165, 1.54) is 36.0 Å². The predicted molar refractivity (Wildman–Crippen MR) is 88.1 cm³/mol. The molecule has 0 aliphatic carbocycles. The second-order valence-electron chi connectivity index (χ2n) is 5.29. The van der Waals surface area contributed by atoms with E-state index in [0.717, 1.165) is 17.1 Å². The van der Waals surface area contributed by atoms with Crippen molar-refractivity contribution in [2.24, 2.45) is 0 Å². The number of Topliss-reactive ketones (excluding diaryl/α,β-unsaturated/α-hetero) is 1. The van der Waals surface area contributed by atoms with Crippen molar-refractivity contribution in [2.45, 2.75) is 23.5 Å². The van der Waals surface area contributed by atoms with Gasteiger partial charge in [0, 0.05) is 16.9 Å². The van der Waals surface area contributed by atoms with Gasteiger partial charge in [-0.2, -0.15) is 0 Å². The number of benzene rings is 2. The van der Waals surface area contributed by atoms with Crippen LogP contribution in [0, 0.1) is 5.82 Å². The highest BCUT2D eigenvalue weighted by atomic mass is 32.2. The Balaban J connectivity index is 1.72. The van der Waals surface area contributed by atoms with Crippen LogP contribution in [0.4, 0.5) is 4.39 Å². The van der Waals surface area contributed by atoms with Crippen molar-refractivity contribution in [1.29, 1.82) is 0 Å². The van der Waals surface area contributed by atoms with Gasteiger partial charge >= 0.3 is 0 Å². The van der Waals surface area contributed by atoms with Crippen LogP contribution >= 0.6 is 11.8 Å². The van der Waals surface area contributed by atoms with E-state index < -0.39 is 0 Å². The summed E-state index contributed by atoms with van der Waals surface area (Å²) in [6, 6.07) is 11.3. The molecule has 0 bridgehead atoms. The van der Waals surface area contributed by atoms with Crippen LogP contribution in [0.3, 0.4) is 0 Å². The highest BCUT2D eigenvalue weighted by Gasteiger charge is 2.18.